The van der Waals surface area contributed by atoms with Gasteiger partial charge in [-0.2, -0.15) is 0 Å². The molecule has 0 unspecified atom stereocenters. The van der Waals surface area contributed by atoms with E-state index in [0.29, 0.717) is 59.9 Å². The second-order valence-electron chi connectivity index (χ2n) is 17.2. The Morgan fingerprint density at radius 2 is 1.70 bits per heavy atom. The number of aliphatic hydroxyl groups is 2. The van der Waals surface area contributed by atoms with Gasteiger partial charge in [0.2, 0.25) is 11.7 Å². The average Bonchev–Trinajstić information content (AvgIpc) is 3.36. The largest absolute Gasteiger partial charge is 0.497 e. The highest BCUT2D eigenvalue weighted by molar-refractivity contribution is 6.03. The standard InChI is InChI=1S/C53H60N4O12/c1-5-29-66-53-48(56(2)49(60)26-19-35-17-20-38(21-18-35)57(62)63)33-45(55-67-34-36-13-7-6-8-14-36)42-30-37(15-9-11-27-58)41(16-10-12-28-59)50(51(42)53)43-31-40(23-25-46(43)69-53)68-52(61)54-44-24-22-39(64-3)32-47(44)65-4/h5-8,13-14,17-26,30-32,37,41,48,50-51,58-59H,1,9-12,15-16,27-29,33-34H2,2-4H3,(H,54,61)/t37-,41+,48-,50+,51+,53+/m0/s1. The van der Waals surface area contributed by atoms with Crippen molar-refractivity contribution in [2.24, 2.45) is 22.9 Å². The van der Waals surface area contributed by atoms with Crippen LogP contribution in [-0.4, -0.2) is 90.7 Å². The minimum atomic E-state index is -1.53. The number of methoxy groups -OCH3 is 2. The predicted octanol–water partition coefficient (Wildman–Crippen LogP) is 9.23. The third-order valence-electron chi connectivity index (χ3n) is 13.1. The number of hydrogen-bond acceptors (Lipinski definition) is 13. The molecule has 0 bridgehead atoms. The van der Waals surface area contributed by atoms with Gasteiger partial charge in [-0.15, -0.1) is 6.58 Å². The highest BCUT2D eigenvalue weighted by Crippen LogP contribution is 2.62. The monoisotopic (exact) mass is 944 g/mol. The molecule has 4 aromatic rings. The van der Waals surface area contributed by atoms with Gasteiger partial charge >= 0.3 is 6.09 Å². The Morgan fingerprint density at radius 3 is 2.39 bits per heavy atom. The molecule has 7 rings (SSSR count). The highest BCUT2D eigenvalue weighted by Gasteiger charge is 2.65. The number of non-ortho nitro benzene ring substituents is 1. The zero-order valence-corrected chi connectivity index (χ0v) is 39.2. The second kappa shape index (κ2) is 23.3. The Kier molecular flexibility index (Phi) is 16.9. The van der Waals surface area contributed by atoms with Crippen molar-refractivity contribution in [1.82, 2.24) is 4.90 Å². The lowest BCUT2D eigenvalue weighted by Gasteiger charge is -2.59. The summed E-state index contributed by atoms with van der Waals surface area (Å²) in [4.78, 5) is 46.7. The fourth-order valence-corrected chi connectivity index (χ4v) is 9.84. The number of benzene rings is 4. The molecule has 1 fully saturated rings. The van der Waals surface area contributed by atoms with E-state index < -0.39 is 28.8 Å². The molecule has 3 N–H and O–H groups in total. The van der Waals surface area contributed by atoms with Gasteiger partial charge in [0, 0.05) is 62.4 Å². The molecule has 16 nitrogen and oxygen atoms in total. The van der Waals surface area contributed by atoms with Crippen LogP contribution in [0.5, 0.6) is 23.0 Å². The Hall–Kier alpha value is -7.01. The number of oxime groups is 1. The molecular formula is C53H60N4O12. The third kappa shape index (κ3) is 11.5. The summed E-state index contributed by atoms with van der Waals surface area (Å²) in [5.41, 5.74) is 4.02. The third-order valence-corrected chi connectivity index (χ3v) is 13.1. The molecule has 0 saturated heterocycles. The number of nitro groups is 1. The van der Waals surface area contributed by atoms with E-state index in [-0.39, 0.29) is 67.9 Å². The van der Waals surface area contributed by atoms with E-state index in [0.717, 1.165) is 29.5 Å². The number of nitrogens with one attached hydrogen (secondary N) is 1. The average molecular weight is 945 g/mol. The molecule has 6 atom stereocenters. The van der Waals surface area contributed by atoms with E-state index in [4.69, 9.17) is 33.7 Å². The number of carbonyl (C=O) groups excluding carboxylic acids is 2. The molecule has 2 amide bonds. The van der Waals surface area contributed by atoms with Crippen LogP contribution in [0, 0.1) is 27.9 Å². The summed E-state index contributed by atoms with van der Waals surface area (Å²) in [6.07, 6.45) is 10.4. The molecule has 69 heavy (non-hydrogen) atoms. The maximum Gasteiger partial charge on any atom is 0.417 e. The van der Waals surface area contributed by atoms with Gasteiger partial charge in [-0.3, -0.25) is 20.2 Å². The van der Waals surface area contributed by atoms with Crippen LogP contribution < -0.4 is 24.3 Å². The molecule has 0 radical (unpaired) electrons. The van der Waals surface area contributed by atoms with Crippen molar-refractivity contribution in [1.29, 1.82) is 0 Å². The van der Waals surface area contributed by atoms with E-state index in [9.17, 15) is 29.9 Å². The molecular weight excluding hydrogens is 885 g/mol. The molecule has 0 aromatic heterocycles. The number of nitrogens with zero attached hydrogens (tertiary/aromatic N) is 3. The van der Waals surface area contributed by atoms with Gasteiger partial charge in [0.05, 0.1) is 43.1 Å². The number of rotatable bonds is 22. The summed E-state index contributed by atoms with van der Waals surface area (Å²) in [6.45, 7) is 4.31. The maximum absolute atomic E-state index is 14.5. The van der Waals surface area contributed by atoms with E-state index in [1.54, 1.807) is 66.6 Å². The Morgan fingerprint density at radius 1 is 0.957 bits per heavy atom. The zero-order valence-electron chi connectivity index (χ0n) is 39.2. The molecule has 3 aliphatic rings. The van der Waals surface area contributed by atoms with Gasteiger partial charge in [0.1, 0.15) is 35.6 Å². The predicted molar refractivity (Wildman–Crippen MR) is 260 cm³/mol. The van der Waals surface area contributed by atoms with Gasteiger partial charge in [-0.1, -0.05) is 60.5 Å². The molecule has 2 aliphatic carbocycles. The summed E-state index contributed by atoms with van der Waals surface area (Å²) >= 11 is 0. The van der Waals surface area contributed by atoms with Crippen molar-refractivity contribution in [3.8, 4) is 23.0 Å². The van der Waals surface area contributed by atoms with Gasteiger partial charge in [0.25, 0.3) is 5.69 Å². The number of nitro benzene ring substituents is 1. The SMILES string of the molecule is C=CCO[C@@]12Oc3ccc(OC(=O)Nc4ccc(OC)cc4OC)cc3[C@H]3[C@H](CCCCO)[C@@H](CCCCO)C=C(C(=NOCc4ccccc4)C[C@@H]1N(C)C(=O)C=Cc1ccc([N+](=O)[O-])cc1)[C@H]32. The van der Waals surface area contributed by atoms with Gasteiger partial charge in [0.15, 0.2) is 0 Å². The fraction of sp³-hybridized carbons (Fsp3) is 0.377. The number of carbonyl (C=O) groups is 2. The summed E-state index contributed by atoms with van der Waals surface area (Å²) < 4.78 is 31.0. The molecule has 1 saturated carbocycles. The van der Waals surface area contributed by atoms with Crippen LogP contribution in [0.15, 0.2) is 127 Å². The first kappa shape index (κ1) is 49.9. The summed E-state index contributed by atoms with van der Waals surface area (Å²) in [7, 11) is 4.71. The van der Waals surface area contributed by atoms with Crippen LogP contribution in [-0.2, 0) is 21.0 Å². The van der Waals surface area contributed by atoms with Crippen LogP contribution in [0.25, 0.3) is 6.08 Å². The molecule has 16 heteroatoms. The van der Waals surface area contributed by atoms with Crippen molar-refractivity contribution >= 4 is 35.2 Å². The molecule has 1 heterocycles. The number of fused-ring (bicyclic) bond motifs is 2. The van der Waals surface area contributed by atoms with E-state index in [1.807, 2.05) is 36.4 Å². The lowest BCUT2D eigenvalue weighted by atomic mass is 9.55. The quantitative estimate of drug-likeness (QED) is 0.0222. The van der Waals surface area contributed by atoms with Crippen molar-refractivity contribution in [2.45, 2.75) is 69.3 Å². The number of aliphatic hydroxyl groups excluding tert-OH is 2. The maximum atomic E-state index is 14.5. The first-order valence-corrected chi connectivity index (χ1v) is 23.2. The van der Waals surface area contributed by atoms with E-state index in [2.05, 4.69) is 18.0 Å². The van der Waals surface area contributed by atoms with Crippen molar-refractivity contribution in [3.63, 3.8) is 0 Å². The van der Waals surface area contributed by atoms with Crippen molar-refractivity contribution in [2.75, 3.05) is 46.4 Å². The van der Waals surface area contributed by atoms with Crippen LogP contribution in [0.4, 0.5) is 16.2 Å². The minimum Gasteiger partial charge on any atom is -0.497 e. The number of anilines is 1. The number of allylic oxidation sites excluding steroid dienone is 1. The number of amides is 2. The first-order valence-electron chi connectivity index (χ1n) is 23.2. The van der Waals surface area contributed by atoms with Crippen LogP contribution >= 0.6 is 0 Å². The number of unbranched alkanes of at least 4 members (excludes halogenated alkanes) is 2. The first-order chi connectivity index (χ1) is 33.5. The zero-order chi connectivity index (χ0) is 48.9. The van der Waals surface area contributed by atoms with Gasteiger partial charge in [-0.25, -0.2) is 4.79 Å². The molecule has 364 valence electrons. The molecule has 1 aliphatic heterocycles. The summed E-state index contributed by atoms with van der Waals surface area (Å²) in [5, 5.41) is 38.9. The summed E-state index contributed by atoms with van der Waals surface area (Å²) in [6, 6.07) is 25.0. The van der Waals surface area contributed by atoms with E-state index >= 15 is 0 Å². The Bertz CT molecular complexity index is 2530. The Balaban J connectivity index is 1.36. The van der Waals surface area contributed by atoms with Crippen LogP contribution in [0.1, 0.15) is 67.6 Å². The minimum absolute atomic E-state index is 0.0210. The van der Waals surface area contributed by atoms with Crippen molar-refractivity contribution in [3.05, 3.63) is 148 Å². The van der Waals surface area contributed by atoms with Gasteiger partial charge in [-0.05, 0) is 103 Å². The highest BCUT2D eigenvalue weighted by atomic mass is 16.7. The number of ether oxygens (including phenoxy) is 5. The lowest BCUT2D eigenvalue weighted by Crippen LogP contribution is -2.69. The summed E-state index contributed by atoms with van der Waals surface area (Å²) in [5.74, 6) is -1.38. The molecule has 4 aromatic carbocycles. The second-order valence-corrected chi connectivity index (χ2v) is 17.2. The Labute approximate surface area is 402 Å². The van der Waals surface area contributed by atoms with E-state index in [1.165, 1.54) is 32.4 Å². The van der Waals surface area contributed by atoms with Crippen LogP contribution in [0.2, 0.25) is 0 Å². The number of likely N-dealkylation sites (N-methyl/N-ethyl adjacent to an activating group) is 1. The molecule has 0 spiro atoms. The smallest absolute Gasteiger partial charge is 0.417 e. The fourth-order valence-electron chi connectivity index (χ4n) is 9.84. The normalized spacial score (nSPS) is 21.8. The number of hydrogen-bond donors (Lipinski definition) is 3. The van der Waals surface area contributed by atoms with Crippen molar-refractivity contribution < 1.29 is 53.2 Å². The van der Waals surface area contributed by atoms with Gasteiger partial charge < -0.3 is 43.6 Å². The lowest BCUT2D eigenvalue weighted by molar-refractivity contribution is -0.384. The topological polar surface area (TPSA) is 201 Å². The van der Waals surface area contributed by atoms with Crippen LogP contribution in [0.3, 0.4) is 0 Å².